The monoisotopic (exact) mass is 438 g/mol. The third-order valence-electron chi connectivity index (χ3n) is 6.22. The first-order chi connectivity index (χ1) is 15.4. The van der Waals surface area contributed by atoms with E-state index in [0.717, 1.165) is 48.9 Å². The van der Waals surface area contributed by atoms with Crippen LogP contribution >= 0.6 is 0 Å². The van der Waals surface area contributed by atoms with E-state index in [2.05, 4.69) is 17.0 Å². The van der Waals surface area contributed by atoms with Crippen molar-refractivity contribution < 1.29 is 14.6 Å². The van der Waals surface area contributed by atoms with Gasteiger partial charge in [-0.3, -0.25) is 14.3 Å². The number of aliphatic hydroxyl groups is 1. The SMILES string of the molecule is CCCc1nn(C)c2c(=O)[nH]c(-c3cc(CC4CC(C(=O)CO)C4)ccc3OCC)nc12. The number of aromatic amines is 1. The lowest BCUT2D eigenvalue weighted by Gasteiger charge is -2.34. The van der Waals surface area contributed by atoms with Crippen molar-refractivity contribution in [2.75, 3.05) is 13.2 Å². The number of benzene rings is 1. The van der Waals surface area contributed by atoms with Crippen molar-refractivity contribution in [2.24, 2.45) is 18.9 Å². The Morgan fingerprint density at radius 2 is 2.09 bits per heavy atom. The van der Waals surface area contributed by atoms with Crippen molar-refractivity contribution in [2.45, 2.75) is 46.0 Å². The number of aryl methyl sites for hydroxylation is 2. The van der Waals surface area contributed by atoms with Gasteiger partial charge in [0.05, 0.1) is 17.9 Å². The van der Waals surface area contributed by atoms with Crippen molar-refractivity contribution in [1.29, 1.82) is 0 Å². The number of nitrogens with zero attached hydrogens (tertiary/aromatic N) is 3. The van der Waals surface area contributed by atoms with Crippen LogP contribution in [0.25, 0.3) is 22.4 Å². The van der Waals surface area contributed by atoms with Crippen LogP contribution in [0.5, 0.6) is 5.75 Å². The fraction of sp³-hybridized carbons (Fsp3) is 0.500. The number of carbonyl (C=O) groups is 1. The van der Waals surface area contributed by atoms with Crippen LogP contribution < -0.4 is 10.3 Å². The highest BCUT2D eigenvalue weighted by atomic mass is 16.5. The van der Waals surface area contributed by atoms with Crippen molar-refractivity contribution >= 4 is 16.8 Å². The number of hydrogen-bond acceptors (Lipinski definition) is 6. The van der Waals surface area contributed by atoms with Crippen LogP contribution in [0.4, 0.5) is 0 Å². The summed E-state index contributed by atoms with van der Waals surface area (Å²) < 4.78 is 7.43. The van der Waals surface area contributed by atoms with Crippen LogP contribution in [-0.4, -0.2) is 43.9 Å². The molecule has 1 fully saturated rings. The summed E-state index contributed by atoms with van der Waals surface area (Å²) in [5.74, 6) is 1.46. The number of ketones is 1. The first-order valence-electron chi connectivity index (χ1n) is 11.3. The second-order valence-electron chi connectivity index (χ2n) is 8.56. The number of hydrogen-bond donors (Lipinski definition) is 2. The molecular weight excluding hydrogens is 408 g/mol. The summed E-state index contributed by atoms with van der Waals surface area (Å²) in [6, 6.07) is 5.97. The second kappa shape index (κ2) is 9.24. The number of aromatic nitrogens is 4. The Kier molecular flexibility index (Phi) is 6.41. The zero-order valence-electron chi connectivity index (χ0n) is 18.9. The zero-order valence-corrected chi connectivity index (χ0v) is 18.9. The molecule has 1 aromatic carbocycles. The number of rotatable bonds is 9. The van der Waals surface area contributed by atoms with E-state index in [1.165, 1.54) is 0 Å². The van der Waals surface area contributed by atoms with E-state index in [1.807, 2.05) is 25.1 Å². The zero-order chi connectivity index (χ0) is 22.8. The molecule has 2 N–H and O–H groups in total. The van der Waals surface area contributed by atoms with Gasteiger partial charge in [0.15, 0.2) is 11.3 Å². The Balaban J connectivity index is 1.69. The molecule has 1 saturated carbocycles. The summed E-state index contributed by atoms with van der Waals surface area (Å²) in [6.07, 6.45) is 4.10. The molecule has 1 aliphatic rings. The Morgan fingerprint density at radius 1 is 1.31 bits per heavy atom. The molecule has 0 saturated heterocycles. The molecule has 2 aromatic heterocycles. The Morgan fingerprint density at radius 3 is 2.78 bits per heavy atom. The van der Waals surface area contributed by atoms with Gasteiger partial charge in [0.2, 0.25) is 0 Å². The molecule has 0 aliphatic heterocycles. The topological polar surface area (TPSA) is 110 Å². The molecule has 32 heavy (non-hydrogen) atoms. The number of carbonyl (C=O) groups excluding carboxylic acids is 1. The average molecular weight is 439 g/mol. The van der Waals surface area contributed by atoms with Crippen LogP contribution in [0.15, 0.2) is 23.0 Å². The number of nitrogens with one attached hydrogen (secondary N) is 1. The number of ether oxygens (including phenoxy) is 1. The van der Waals surface area contributed by atoms with Crippen LogP contribution in [0.3, 0.4) is 0 Å². The van der Waals surface area contributed by atoms with E-state index in [1.54, 1.807) is 11.7 Å². The minimum absolute atomic E-state index is 0.0184. The Labute approximate surface area is 186 Å². The summed E-state index contributed by atoms with van der Waals surface area (Å²) in [5.41, 5.74) is 3.55. The predicted molar refractivity (Wildman–Crippen MR) is 122 cm³/mol. The molecule has 0 spiro atoms. The number of H-pyrrole nitrogens is 1. The summed E-state index contributed by atoms with van der Waals surface area (Å²) in [6.45, 7) is 4.12. The fourth-order valence-electron chi connectivity index (χ4n) is 4.58. The lowest BCUT2D eigenvalue weighted by atomic mass is 9.70. The Bertz CT molecular complexity index is 1190. The molecule has 0 bridgehead atoms. The third kappa shape index (κ3) is 4.19. The maximum absolute atomic E-state index is 12.9. The number of fused-ring (bicyclic) bond motifs is 1. The average Bonchev–Trinajstić information content (AvgIpc) is 3.07. The molecular formula is C24H30N4O4. The second-order valence-corrected chi connectivity index (χ2v) is 8.56. The molecule has 8 nitrogen and oxygen atoms in total. The minimum Gasteiger partial charge on any atom is -0.493 e. The smallest absolute Gasteiger partial charge is 0.277 e. The Hall–Kier alpha value is -3.00. The summed E-state index contributed by atoms with van der Waals surface area (Å²) in [7, 11) is 1.76. The molecule has 1 aliphatic carbocycles. The van der Waals surface area contributed by atoms with E-state index in [0.29, 0.717) is 35.1 Å². The molecule has 8 heteroatoms. The van der Waals surface area contributed by atoms with E-state index >= 15 is 0 Å². The lowest BCUT2D eigenvalue weighted by molar-refractivity contribution is -0.129. The van der Waals surface area contributed by atoms with Gasteiger partial charge in [0.1, 0.15) is 23.7 Å². The quantitative estimate of drug-likeness (QED) is 0.532. The molecule has 170 valence electrons. The van der Waals surface area contributed by atoms with Gasteiger partial charge in [-0.1, -0.05) is 19.4 Å². The maximum Gasteiger partial charge on any atom is 0.277 e. The van der Waals surface area contributed by atoms with Gasteiger partial charge in [-0.2, -0.15) is 5.10 Å². The normalized spacial score (nSPS) is 18.0. The van der Waals surface area contributed by atoms with E-state index in [-0.39, 0.29) is 23.9 Å². The summed E-state index contributed by atoms with van der Waals surface area (Å²) in [4.78, 5) is 32.2. The minimum atomic E-state index is -0.375. The van der Waals surface area contributed by atoms with Gasteiger partial charge >= 0.3 is 0 Å². The van der Waals surface area contributed by atoms with Crippen molar-refractivity contribution in [3.8, 4) is 17.1 Å². The summed E-state index contributed by atoms with van der Waals surface area (Å²) in [5, 5.41) is 13.5. The molecule has 0 atom stereocenters. The van der Waals surface area contributed by atoms with E-state index in [9.17, 15) is 9.59 Å². The highest BCUT2D eigenvalue weighted by Gasteiger charge is 2.33. The summed E-state index contributed by atoms with van der Waals surface area (Å²) >= 11 is 0. The van der Waals surface area contributed by atoms with E-state index < -0.39 is 0 Å². The maximum atomic E-state index is 12.9. The largest absolute Gasteiger partial charge is 0.493 e. The van der Waals surface area contributed by atoms with Crippen LogP contribution in [0, 0.1) is 11.8 Å². The molecule has 0 amide bonds. The van der Waals surface area contributed by atoms with Gasteiger partial charge in [-0.25, -0.2) is 4.98 Å². The first kappa shape index (κ1) is 22.2. The van der Waals surface area contributed by atoms with Gasteiger partial charge in [-0.05, 0) is 56.2 Å². The molecule has 2 heterocycles. The van der Waals surface area contributed by atoms with Gasteiger partial charge in [-0.15, -0.1) is 0 Å². The van der Waals surface area contributed by atoms with Crippen molar-refractivity contribution in [3.05, 3.63) is 39.8 Å². The van der Waals surface area contributed by atoms with Crippen LogP contribution in [-0.2, 0) is 24.7 Å². The molecule has 0 unspecified atom stereocenters. The van der Waals surface area contributed by atoms with Gasteiger partial charge in [0.25, 0.3) is 5.56 Å². The molecule has 0 radical (unpaired) electrons. The first-order valence-corrected chi connectivity index (χ1v) is 11.3. The highest BCUT2D eigenvalue weighted by molar-refractivity contribution is 5.83. The van der Waals surface area contributed by atoms with Gasteiger partial charge < -0.3 is 14.8 Å². The van der Waals surface area contributed by atoms with Crippen molar-refractivity contribution in [1.82, 2.24) is 19.7 Å². The highest BCUT2D eigenvalue weighted by Crippen LogP contribution is 2.38. The van der Waals surface area contributed by atoms with Crippen LogP contribution in [0.2, 0.25) is 0 Å². The third-order valence-corrected chi connectivity index (χ3v) is 6.22. The predicted octanol–water partition coefficient (Wildman–Crippen LogP) is 2.80. The lowest BCUT2D eigenvalue weighted by Crippen LogP contribution is -2.33. The molecule has 3 aromatic rings. The molecule has 4 rings (SSSR count). The van der Waals surface area contributed by atoms with Crippen molar-refractivity contribution in [3.63, 3.8) is 0 Å². The standard InChI is InChI=1S/C24H30N4O4/c1-4-6-18-21-22(28(3)27-18)24(31)26-23(25-21)17-12-14(7-8-20(17)32-5-2)9-15-10-16(11-15)19(30)13-29/h7-8,12,15-16,29H,4-6,9-11,13H2,1-3H3,(H,25,26,31). The van der Waals surface area contributed by atoms with Crippen LogP contribution in [0.1, 0.15) is 44.4 Å². The fourth-order valence-corrected chi connectivity index (χ4v) is 4.58. The van der Waals surface area contributed by atoms with Gasteiger partial charge in [0, 0.05) is 13.0 Å². The number of Topliss-reactive ketones (excluding diaryl/α,β-unsaturated/α-hetero) is 1. The van der Waals surface area contributed by atoms with E-state index in [4.69, 9.17) is 14.8 Å². The number of aliphatic hydroxyl groups excluding tert-OH is 1.